The van der Waals surface area contributed by atoms with E-state index in [4.69, 9.17) is 0 Å². The number of benzene rings is 2. The molecule has 0 aliphatic rings. The predicted octanol–water partition coefficient (Wildman–Crippen LogP) is 4.80. The number of nitrogens with zero attached hydrogens (tertiary/aromatic N) is 3. The van der Waals surface area contributed by atoms with Crippen molar-refractivity contribution in [3.8, 4) is 6.07 Å². The normalized spacial score (nSPS) is 11.5. The van der Waals surface area contributed by atoms with Crippen LogP contribution in [-0.4, -0.2) is 15.3 Å². The highest BCUT2D eigenvalue weighted by atomic mass is 79.9. The van der Waals surface area contributed by atoms with Gasteiger partial charge in [-0.25, -0.2) is 4.98 Å². The largest absolute Gasteiger partial charge is 0.321 e. The number of fused-ring (bicyclic) bond motifs is 2. The number of aromatic nitrogens is 2. The maximum Gasteiger partial charge on any atom is 0.266 e. The first-order valence-electron chi connectivity index (χ1n) is 8.19. The smallest absolute Gasteiger partial charge is 0.266 e. The van der Waals surface area contributed by atoms with Gasteiger partial charge in [0.2, 0.25) is 0 Å². The molecule has 1 amide bonds. The Labute approximate surface area is 163 Å². The van der Waals surface area contributed by atoms with E-state index < -0.39 is 5.91 Å². The van der Waals surface area contributed by atoms with Crippen molar-refractivity contribution in [2.75, 3.05) is 5.32 Å². The molecule has 130 valence electrons. The van der Waals surface area contributed by atoms with Gasteiger partial charge in [0.05, 0.1) is 11.9 Å². The summed E-state index contributed by atoms with van der Waals surface area (Å²) in [4.78, 5) is 17.0. The van der Waals surface area contributed by atoms with Gasteiger partial charge in [0.15, 0.2) is 0 Å². The van der Waals surface area contributed by atoms with Crippen molar-refractivity contribution in [1.29, 1.82) is 5.26 Å². The van der Waals surface area contributed by atoms with Gasteiger partial charge in [0.25, 0.3) is 5.91 Å². The van der Waals surface area contributed by atoms with Crippen molar-refractivity contribution in [2.45, 2.75) is 0 Å². The molecule has 2 aromatic carbocycles. The fourth-order valence-corrected chi connectivity index (χ4v) is 3.24. The summed E-state index contributed by atoms with van der Waals surface area (Å²) in [5, 5.41) is 14.3. The summed E-state index contributed by atoms with van der Waals surface area (Å²) < 4.78 is 2.69. The summed E-state index contributed by atoms with van der Waals surface area (Å²) in [6.07, 6.45) is 5.00. The van der Waals surface area contributed by atoms with Gasteiger partial charge >= 0.3 is 0 Å². The Kier molecular flexibility index (Phi) is 4.45. The number of pyridine rings is 1. The number of halogens is 1. The molecule has 4 aromatic rings. The van der Waals surface area contributed by atoms with Crippen LogP contribution >= 0.6 is 15.9 Å². The van der Waals surface area contributed by atoms with E-state index in [1.165, 1.54) is 6.08 Å². The third-order valence-electron chi connectivity index (χ3n) is 4.19. The van der Waals surface area contributed by atoms with Crippen molar-refractivity contribution >= 4 is 50.0 Å². The Bertz CT molecular complexity index is 1240. The summed E-state index contributed by atoms with van der Waals surface area (Å²) in [6, 6.07) is 19.1. The fourth-order valence-electron chi connectivity index (χ4n) is 2.90. The summed E-state index contributed by atoms with van der Waals surface area (Å²) in [5.41, 5.74) is 2.05. The molecule has 0 unspecified atom stereocenters. The van der Waals surface area contributed by atoms with E-state index in [1.54, 1.807) is 6.20 Å². The lowest BCUT2D eigenvalue weighted by Crippen LogP contribution is -2.13. The number of amides is 1. The minimum absolute atomic E-state index is 0.00436. The van der Waals surface area contributed by atoms with Crippen LogP contribution in [0, 0.1) is 11.3 Å². The van der Waals surface area contributed by atoms with E-state index in [0.717, 1.165) is 20.9 Å². The van der Waals surface area contributed by atoms with Gasteiger partial charge in [-0.15, -0.1) is 0 Å². The Morgan fingerprint density at radius 2 is 1.96 bits per heavy atom. The van der Waals surface area contributed by atoms with Crippen LogP contribution in [0.1, 0.15) is 5.69 Å². The molecule has 6 heteroatoms. The molecular weight excluding hydrogens is 404 g/mol. The topological polar surface area (TPSA) is 70.2 Å². The van der Waals surface area contributed by atoms with Crippen LogP contribution in [0.2, 0.25) is 0 Å². The molecule has 2 heterocycles. The highest BCUT2D eigenvalue weighted by Gasteiger charge is 2.12. The van der Waals surface area contributed by atoms with E-state index >= 15 is 0 Å². The summed E-state index contributed by atoms with van der Waals surface area (Å²) in [7, 11) is 0. The molecule has 27 heavy (non-hydrogen) atoms. The lowest BCUT2D eigenvalue weighted by atomic mass is 10.1. The number of nitriles is 1. The molecule has 0 spiro atoms. The molecule has 0 atom stereocenters. The van der Waals surface area contributed by atoms with E-state index in [2.05, 4.69) is 26.2 Å². The molecular formula is C21H13BrN4O. The van der Waals surface area contributed by atoms with Crippen molar-refractivity contribution in [2.24, 2.45) is 0 Å². The van der Waals surface area contributed by atoms with Gasteiger partial charge in [0, 0.05) is 21.7 Å². The highest BCUT2D eigenvalue weighted by Crippen LogP contribution is 2.23. The highest BCUT2D eigenvalue weighted by molar-refractivity contribution is 9.10. The van der Waals surface area contributed by atoms with Crippen LogP contribution < -0.4 is 5.32 Å². The Morgan fingerprint density at radius 1 is 1.15 bits per heavy atom. The van der Waals surface area contributed by atoms with Gasteiger partial charge in [-0.3, -0.25) is 9.20 Å². The maximum atomic E-state index is 12.7. The van der Waals surface area contributed by atoms with E-state index in [0.29, 0.717) is 11.4 Å². The Balaban J connectivity index is 1.69. The van der Waals surface area contributed by atoms with Crippen LogP contribution in [0.3, 0.4) is 0 Å². The van der Waals surface area contributed by atoms with E-state index in [1.807, 2.05) is 71.3 Å². The van der Waals surface area contributed by atoms with Crippen LogP contribution in [-0.2, 0) is 4.79 Å². The SMILES string of the molecule is N#CC(=Cc1cnc2ccc(Br)cn12)C(=O)Nc1cccc2ccccc12. The van der Waals surface area contributed by atoms with Crippen molar-refractivity contribution in [1.82, 2.24) is 9.38 Å². The van der Waals surface area contributed by atoms with Crippen LogP contribution in [0.5, 0.6) is 0 Å². The summed E-state index contributed by atoms with van der Waals surface area (Å²) in [5.74, 6) is -0.459. The molecule has 4 rings (SSSR count). The lowest BCUT2D eigenvalue weighted by Gasteiger charge is -2.08. The second-order valence-corrected chi connectivity index (χ2v) is 6.82. The van der Waals surface area contributed by atoms with Gasteiger partial charge in [-0.1, -0.05) is 36.4 Å². The van der Waals surface area contributed by atoms with E-state index in [9.17, 15) is 10.1 Å². The summed E-state index contributed by atoms with van der Waals surface area (Å²) in [6.45, 7) is 0. The number of rotatable bonds is 3. The average molecular weight is 417 g/mol. The van der Waals surface area contributed by atoms with E-state index in [-0.39, 0.29) is 5.57 Å². The molecule has 0 saturated carbocycles. The fraction of sp³-hybridized carbons (Fsp3) is 0. The first kappa shape index (κ1) is 17.0. The minimum Gasteiger partial charge on any atom is -0.321 e. The first-order valence-corrected chi connectivity index (χ1v) is 8.98. The zero-order valence-corrected chi connectivity index (χ0v) is 15.6. The standard InChI is InChI=1S/C21H13BrN4O/c22-16-8-9-20-24-12-17(26(20)13-16)10-15(11-23)21(27)25-19-7-3-5-14-4-1-2-6-18(14)19/h1-10,12-13H,(H,25,27). The number of nitrogens with one attached hydrogen (secondary N) is 1. The number of hydrogen-bond donors (Lipinski definition) is 1. The third kappa shape index (κ3) is 3.33. The predicted molar refractivity (Wildman–Crippen MR) is 109 cm³/mol. The Morgan fingerprint density at radius 3 is 2.81 bits per heavy atom. The van der Waals surface area contributed by atoms with Crippen LogP contribution in [0.4, 0.5) is 5.69 Å². The molecule has 0 aliphatic heterocycles. The maximum absolute atomic E-state index is 12.7. The number of imidazole rings is 1. The third-order valence-corrected chi connectivity index (χ3v) is 4.66. The Hall–Kier alpha value is -3.43. The number of hydrogen-bond acceptors (Lipinski definition) is 3. The summed E-state index contributed by atoms with van der Waals surface area (Å²) >= 11 is 3.42. The monoisotopic (exact) mass is 416 g/mol. The molecule has 5 nitrogen and oxygen atoms in total. The van der Waals surface area contributed by atoms with Crippen LogP contribution in [0.25, 0.3) is 22.5 Å². The number of carbonyl (C=O) groups excluding carboxylic acids is 1. The number of anilines is 1. The lowest BCUT2D eigenvalue weighted by molar-refractivity contribution is -0.112. The van der Waals surface area contributed by atoms with Crippen molar-refractivity contribution in [3.63, 3.8) is 0 Å². The molecule has 0 bridgehead atoms. The molecule has 0 radical (unpaired) electrons. The van der Waals surface area contributed by atoms with Gasteiger partial charge in [-0.05, 0) is 45.6 Å². The van der Waals surface area contributed by atoms with Gasteiger partial charge < -0.3 is 5.32 Å². The first-order chi connectivity index (χ1) is 13.2. The zero-order chi connectivity index (χ0) is 18.8. The average Bonchev–Trinajstić information content (AvgIpc) is 3.08. The van der Waals surface area contributed by atoms with Crippen LogP contribution in [0.15, 0.2) is 77.0 Å². The van der Waals surface area contributed by atoms with Gasteiger partial charge in [-0.2, -0.15) is 5.26 Å². The zero-order valence-electron chi connectivity index (χ0n) is 14.1. The van der Waals surface area contributed by atoms with Crippen molar-refractivity contribution in [3.05, 3.63) is 82.7 Å². The minimum atomic E-state index is -0.459. The number of carbonyl (C=O) groups is 1. The molecule has 1 N–H and O–H groups in total. The molecule has 0 fully saturated rings. The van der Waals surface area contributed by atoms with Crippen molar-refractivity contribution < 1.29 is 4.79 Å². The molecule has 0 aliphatic carbocycles. The quantitative estimate of drug-likeness (QED) is 0.385. The van der Waals surface area contributed by atoms with Gasteiger partial charge in [0.1, 0.15) is 17.3 Å². The molecule has 2 aromatic heterocycles. The second kappa shape index (κ2) is 7.06. The second-order valence-electron chi connectivity index (χ2n) is 5.91. The molecule has 0 saturated heterocycles.